The SMILES string of the molecule is Cn1ccnc1CNc1ccc(C(F)(F)F)c(C(N)=S)c1. The van der Waals surface area contributed by atoms with Crippen molar-refractivity contribution in [3.63, 3.8) is 0 Å². The monoisotopic (exact) mass is 314 g/mol. The van der Waals surface area contributed by atoms with Gasteiger partial charge in [0.15, 0.2) is 0 Å². The van der Waals surface area contributed by atoms with Crippen molar-refractivity contribution in [3.8, 4) is 0 Å². The molecule has 0 amide bonds. The van der Waals surface area contributed by atoms with Crippen LogP contribution in [-0.4, -0.2) is 14.5 Å². The Morgan fingerprint density at radius 3 is 2.67 bits per heavy atom. The lowest BCUT2D eigenvalue weighted by Crippen LogP contribution is -2.18. The summed E-state index contributed by atoms with van der Waals surface area (Å²) in [5.74, 6) is 0.756. The highest BCUT2D eigenvalue weighted by molar-refractivity contribution is 7.80. The second-order valence-corrected chi connectivity index (χ2v) is 4.87. The van der Waals surface area contributed by atoms with Crippen molar-refractivity contribution in [1.29, 1.82) is 0 Å². The first-order chi connectivity index (χ1) is 9.79. The summed E-state index contributed by atoms with van der Waals surface area (Å²) < 4.78 is 40.4. The van der Waals surface area contributed by atoms with Crippen LogP contribution in [0.5, 0.6) is 0 Å². The van der Waals surface area contributed by atoms with E-state index in [1.165, 1.54) is 12.1 Å². The van der Waals surface area contributed by atoms with Crippen molar-refractivity contribution < 1.29 is 13.2 Å². The molecule has 1 aromatic carbocycles. The van der Waals surface area contributed by atoms with E-state index >= 15 is 0 Å². The lowest BCUT2D eigenvalue weighted by Gasteiger charge is -2.14. The van der Waals surface area contributed by atoms with E-state index in [-0.39, 0.29) is 10.6 Å². The van der Waals surface area contributed by atoms with Gasteiger partial charge in [0.05, 0.1) is 12.1 Å². The van der Waals surface area contributed by atoms with Crippen LogP contribution in [-0.2, 0) is 19.8 Å². The molecule has 0 spiro atoms. The summed E-state index contributed by atoms with van der Waals surface area (Å²) in [4.78, 5) is 3.83. The molecule has 21 heavy (non-hydrogen) atoms. The lowest BCUT2D eigenvalue weighted by molar-refractivity contribution is -0.137. The van der Waals surface area contributed by atoms with Crippen molar-refractivity contribution in [2.45, 2.75) is 12.7 Å². The number of benzene rings is 1. The Morgan fingerprint density at radius 1 is 1.43 bits per heavy atom. The third kappa shape index (κ3) is 3.52. The molecule has 0 aliphatic rings. The van der Waals surface area contributed by atoms with E-state index in [2.05, 4.69) is 10.3 Å². The van der Waals surface area contributed by atoms with Gasteiger partial charge in [-0.1, -0.05) is 12.2 Å². The lowest BCUT2D eigenvalue weighted by atomic mass is 10.1. The van der Waals surface area contributed by atoms with Crippen molar-refractivity contribution in [3.05, 3.63) is 47.5 Å². The van der Waals surface area contributed by atoms with Gasteiger partial charge in [-0.3, -0.25) is 0 Å². The van der Waals surface area contributed by atoms with Gasteiger partial charge in [0.25, 0.3) is 0 Å². The van der Waals surface area contributed by atoms with Gasteiger partial charge in [-0.15, -0.1) is 0 Å². The molecule has 4 nitrogen and oxygen atoms in total. The quantitative estimate of drug-likeness (QED) is 0.852. The minimum atomic E-state index is -4.49. The summed E-state index contributed by atoms with van der Waals surface area (Å²) in [6.45, 7) is 0.381. The first-order valence-electron chi connectivity index (χ1n) is 6.00. The Labute approximate surface area is 124 Å². The molecule has 1 heterocycles. The molecular formula is C13H13F3N4S. The maximum Gasteiger partial charge on any atom is 0.417 e. The molecule has 0 aliphatic carbocycles. The molecule has 0 saturated heterocycles. The average molecular weight is 314 g/mol. The van der Waals surface area contributed by atoms with Crippen molar-refractivity contribution in [2.24, 2.45) is 12.8 Å². The molecule has 8 heteroatoms. The number of halogens is 3. The fraction of sp³-hybridized carbons (Fsp3) is 0.231. The van der Waals surface area contributed by atoms with Crippen molar-refractivity contribution >= 4 is 22.9 Å². The third-order valence-electron chi connectivity index (χ3n) is 2.96. The van der Waals surface area contributed by atoms with Gasteiger partial charge in [0.2, 0.25) is 0 Å². The summed E-state index contributed by atoms with van der Waals surface area (Å²) in [5, 5.41) is 3.00. The predicted molar refractivity (Wildman–Crippen MR) is 77.9 cm³/mol. The molecule has 2 aromatic rings. The predicted octanol–water partition coefficient (Wildman–Crippen LogP) is 2.69. The number of thiocarbonyl (C=S) groups is 1. The summed E-state index contributed by atoms with van der Waals surface area (Å²) in [6.07, 6.45) is -1.06. The number of hydrogen-bond donors (Lipinski definition) is 2. The van der Waals surface area contributed by atoms with Gasteiger partial charge < -0.3 is 15.6 Å². The first kappa shape index (κ1) is 15.3. The molecular weight excluding hydrogens is 301 g/mol. The Hall–Kier alpha value is -2.09. The van der Waals surface area contributed by atoms with E-state index in [1.807, 2.05) is 11.6 Å². The Balaban J connectivity index is 2.24. The summed E-state index contributed by atoms with van der Waals surface area (Å²) >= 11 is 4.70. The number of nitrogens with two attached hydrogens (primary N) is 1. The third-order valence-corrected chi connectivity index (χ3v) is 3.18. The second kappa shape index (κ2) is 5.72. The largest absolute Gasteiger partial charge is 0.417 e. The van der Waals surface area contributed by atoms with Gasteiger partial charge in [0, 0.05) is 30.7 Å². The Bertz CT molecular complexity index is 664. The Kier molecular flexibility index (Phi) is 4.17. The minimum Gasteiger partial charge on any atom is -0.389 e. The molecule has 0 atom stereocenters. The van der Waals surface area contributed by atoms with Crippen LogP contribution in [0.25, 0.3) is 0 Å². The van der Waals surface area contributed by atoms with E-state index in [0.717, 1.165) is 11.9 Å². The zero-order valence-corrected chi connectivity index (χ0v) is 11.9. The number of aryl methyl sites for hydroxylation is 1. The van der Waals surface area contributed by atoms with Gasteiger partial charge >= 0.3 is 6.18 Å². The molecule has 0 bridgehead atoms. The molecule has 0 radical (unpaired) electrons. The number of imidazole rings is 1. The topological polar surface area (TPSA) is 55.9 Å². The normalized spacial score (nSPS) is 11.4. The number of nitrogens with zero attached hydrogens (tertiary/aromatic N) is 2. The number of rotatable bonds is 4. The molecule has 2 rings (SSSR count). The van der Waals surface area contributed by atoms with Crippen molar-refractivity contribution in [1.82, 2.24) is 9.55 Å². The van der Waals surface area contributed by atoms with Crippen LogP contribution in [0.3, 0.4) is 0 Å². The van der Waals surface area contributed by atoms with Crippen LogP contribution in [0.2, 0.25) is 0 Å². The average Bonchev–Trinajstić information content (AvgIpc) is 2.80. The fourth-order valence-electron chi connectivity index (χ4n) is 1.85. The summed E-state index contributed by atoms with van der Waals surface area (Å²) in [7, 11) is 1.83. The Morgan fingerprint density at radius 2 is 2.14 bits per heavy atom. The number of nitrogens with one attached hydrogen (secondary N) is 1. The number of aromatic nitrogens is 2. The second-order valence-electron chi connectivity index (χ2n) is 4.43. The highest BCUT2D eigenvalue weighted by Crippen LogP contribution is 2.33. The van der Waals surface area contributed by atoms with Gasteiger partial charge in [-0.25, -0.2) is 4.98 Å². The molecule has 112 valence electrons. The van der Waals surface area contributed by atoms with Crippen LogP contribution in [0.1, 0.15) is 17.0 Å². The van der Waals surface area contributed by atoms with E-state index < -0.39 is 11.7 Å². The highest BCUT2D eigenvalue weighted by Gasteiger charge is 2.34. The fourth-order valence-corrected chi connectivity index (χ4v) is 2.02. The molecule has 0 unspecified atom stereocenters. The van der Waals surface area contributed by atoms with Crippen LogP contribution in [0.15, 0.2) is 30.6 Å². The summed E-state index contributed by atoms with van der Waals surface area (Å²) in [5.41, 5.74) is 4.85. The highest BCUT2D eigenvalue weighted by atomic mass is 32.1. The van der Waals surface area contributed by atoms with E-state index in [4.69, 9.17) is 18.0 Å². The molecule has 0 saturated carbocycles. The molecule has 0 fully saturated rings. The zero-order chi connectivity index (χ0) is 15.6. The first-order valence-corrected chi connectivity index (χ1v) is 6.41. The van der Waals surface area contributed by atoms with E-state index in [9.17, 15) is 13.2 Å². The molecule has 1 aromatic heterocycles. The van der Waals surface area contributed by atoms with Crippen LogP contribution in [0, 0.1) is 0 Å². The zero-order valence-electron chi connectivity index (χ0n) is 11.1. The maximum absolute atomic E-state index is 12.9. The minimum absolute atomic E-state index is 0.192. The van der Waals surface area contributed by atoms with Crippen LogP contribution in [0.4, 0.5) is 18.9 Å². The molecule has 0 aliphatic heterocycles. The smallest absolute Gasteiger partial charge is 0.389 e. The van der Waals surface area contributed by atoms with E-state index in [1.54, 1.807) is 12.4 Å². The van der Waals surface area contributed by atoms with Gasteiger partial charge in [-0.2, -0.15) is 13.2 Å². The summed E-state index contributed by atoms with van der Waals surface area (Å²) in [6, 6.07) is 3.61. The van der Waals surface area contributed by atoms with Crippen LogP contribution < -0.4 is 11.1 Å². The van der Waals surface area contributed by atoms with Crippen LogP contribution >= 0.6 is 12.2 Å². The number of hydrogen-bond acceptors (Lipinski definition) is 3. The number of anilines is 1. The number of alkyl halides is 3. The maximum atomic E-state index is 12.9. The standard InChI is InChI=1S/C13H13F3N4S/c1-20-5-4-18-11(20)7-19-8-2-3-10(13(14,15)16)9(6-8)12(17)21/h2-6,19H,7H2,1H3,(H2,17,21). The van der Waals surface area contributed by atoms with Gasteiger partial charge in [-0.05, 0) is 18.2 Å². The van der Waals surface area contributed by atoms with Crippen molar-refractivity contribution in [2.75, 3.05) is 5.32 Å². The van der Waals surface area contributed by atoms with E-state index in [0.29, 0.717) is 12.2 Å². The van der Waals surface area contributed by atoms with Gasteiger partial charge in [0.1, 0.15) is 10.8 Å². The molecule has 3 N–H and O–H groups in total.